The van der Waals surface area contributed by atoms with Gasteiger partial charge in [0.25, 0.3) is 5.52 Å². The van der Waals surface area contributed by atoms with Crippen molar-refractivity contribution in [3.63, 3.8) is 0 Å². The van der Waals surface area contributed by atoms with Gasteiger partial charge in [0.2, 0.25) is 0 Å². The maximum atomic E-state index is 12.1. The largest absolute Gasteiger partial charge is 0.594 e. The minimum atomic E-state index is -0.0118. The molecule has 2 unspecified atom stereocenters. The van der Waals surface area contributed by atoms with Gasteiger partial charge in [0.15, 0.2) is 12.1 Å². The van der Waals surface area contributed by atoms with Crippen molar-refractivity contribution < 1.29 is 14.3 Å². The lowest BCUT2D eigenvalue weighted by Gasteiger charge is -2.23. The first kappa shape index (κ1) is 16.7. The van der Waals surface area contributed by atoms with Crippen molar-refractivity contribution in [1.29, 1.82) is 0 Å². The Bertz CT molecular complexity index is 759. The first-order chi connectivity index (χ1) is 12.2. The summed E-state index contributed by atoms with van der Waals surface area (Å²) in [4.78, 5) is 5.23. The summed E-state index contributed by atoms with van der Waals surface area (Å²) in [6.45, 7) is 3.52. The van der Waals surface area contributed by atoms with Crippen LogP contribution in [0.25, 0.3) is 11.0 Å². The van der Waals surface area contributed by atoms with E-state index in [4.69, 9.17) is 9.47 Å². The van der Waals surface area contributed by atoms with Gasteiger partial charge >= 0.3 is 0 Å². The Hall–Kier alpha value is -1.79. The fourth-order valence-electron chi connectivity index (χ4n) is 3.86. The Kier molecular flexibility index (Phi) is 4.81. The molecule has 6 heteroatoms. The van der Waals surface area contributed by atoms with Crippen LogP contribution in [0.3, 0.4) is 0 Å². The molecule has 4 rings (SSSR count). The van der Waals surface area contributed by atoms with Crippen LogP contribution in [0, 0.1) is 11.1 Å². The van der Waals surface area contributed by atoms with Gasteiger partial charge in [-0.3, -0.25) is 0 Å². The van der Waals surface area contributed by atoms with Gasteiger partial charge in [0.1, 0.15) is 5.52 Å². The van der Waals surface area contributed by atoms with Gasteiger partial charge in [-0.15, -0.1) is 0 Å². The maximum absolute atomic E-state index is 12.1. The molecular weight excluding hydrogens is 318 g/mol. The number of nitrogens with zero attached hydrogens (tertiary/aromatic N) is 3. The van der Waals surface area contributed by atoms with Gasteiger partial charge in [-0.1, -0.05) is 6.92 Å². The van der Waals surface area contributed by atoms with Crippen LogP contribution in [0.5, 0.6) is 0 Å². The molecule has 1 aromatic carbocycles. The Morgan fingerprint density at radius 1 is 1.28 bits per heavy atom. The molecule has 6 nitrogen and oxygen atoms in total. The van der Waals surface area contributed by atoms with Gasteiger partial charge < -0.3 is 14.7 Å². The first-order valence-corrected chi connectivity index (χ1v) is 9.38. The van der Waals surface area contributed by atoms with E-state index in [9.17, 15) is 5.21 Å². The van der Waals surface area contributed by atoms with E-state index in [-0.39, 0.29) is 6.29 Å². The van der Waals surface area contributed by atoms with Crippen LogP contribution in [-0.2, 0) is 28.7 Å². The molecule has 0 bridgehead atoms. The number of hydrogen-bond acceptors (Lipinski definition) is 5. The standard InChI is InChI=1S/C19H25N3O3/c1-2-18-20-16-11-14-9-13(6-8-25-19-5-3-4-7-24-19)10-15(14)12-17(16)22(23)21-18/h11-13,19H,2-10H2,1H3. The van der Waals surface area contributed by atoms with Crippen molar-refractivity contribution in [2.75, 3.05) is 13.2 Å². The molecule has 0 N–H and O–H groups in total. The third kappa shape index (κ3) is 3.60. The lowest BCUT2D eigenvalue weighted by Crippen LogP contribution is -2.34. The highest BCUT2D eigenvalue weighted by atomic mass is 16.7. The molecule has 1 aliphatic carbocycles. The summed E-state index contributed by atoms with van der Waals surface area (Å²) in [5.74, 6) is 1.16. The van der Waals surface area contributed by atoms with Crippen molar-refractivity contribution in [2.24, 2.45) is 5.92 Å². The molecule has 1 aliphatic heterocycles. The quantitative estimate of drug-likeness (QED) is 0.616. The molecule has 0 radical (unpaired) electrons. The van der Waals surface area contributed by atoms with Gasteiger partial charge in [-0.05, 0) is 66.5 Å². The Morgan fingerprint density at radius 2 is 2.12 bits per heavy atom. The van der Waals surface area contributed by atoms with Crippen LogP contribution >= 0.6 is 0 Å². The molecule has 1 aromatic heterocycles. The number of hydrogen-bond donors (Lipinski definition) is 0. The minimum Gasteiger partial charge on any atom is -0.594 e. The van der Waals surface area contributed by atoms with Crippen LogP contribution in [0.1, 0.15) is 49.6 Å². The molecule has 1 fully saturated rings. The average Bonchev–Trinajstić information content (AvgIpc) is 3.02. The highest BCUT2D eigenvalue weighted by Crippen LogP contribution is 2.31. The normalized spacial score (nSPS) is 23.1. The van der Waals surface area contributed by atoms with Gasteiger partial charge in [0.05, 0.1) is 6.61 Å². The van der Waals surface area contributed by atoms with Gasteiger partial charge in [-0.2, -0.15) is 0 Å². The van der Waals surface area contributed by atoms with Crippen LogP contribution in [0.4, 0.5) is 0 Å². The highest BCUT2D eigenvalue weighted by Gasteiger charge is 2.25. The zero-order valence-corrected chi connectivity index (χ0v) is 14.7. The number of aromatic nitrogens is 3. The average molecular weight is 343 g/mol. The molecule has 0 saturated carbocycles. The molecule has 1 saturated heterocycles. The smallest absolute Gasteiger partial charge is 0.270 e. The van der Waals surface area contributed by atoms with Gasteiger partial charge in [-0.25, -0.2) is 4.98 Å². The summed E-state index contributed by atoms with van der Waals surface area (Å²) < 4.78 is 11.5. The van der Waals surface area contributed by atoms with Crippen molar-refractivity contribution in [1.82, 2.24) is 10.1 Å². The molecule has 0 spiro atoms. The van der Waals surface area contributed by atoms with Gasteiger partial charge in [0, 0.05) is 24.2 Å². The van der Waals surface area contributed by atoms with E-state index >= 15 is 0 Å². The summed E-state index contributed by atoms with van der Waals surface area (Å²) in [6.07, 6.45) is 7.06. The molecule has 2 atom stereocenters. The predicted octanol–water partition coefficient (Wildman–Crippen LogP) is 2.47. The minimum absolute atomic E-state index is 0.0118. The lowest BCUT2D eigenvalue weighted by atomic mass is 10.0. The SMILES string of the molecule is CCc1nc2cc3c(cc2[n+]([O-])n1)CC(CCOC1CCCCO1)C3. The zero-order chi connectivity index (χ0) is 17.2. The first-order valence-electron chi connectivity index (χ1n) is 9.38. The van der Waals surface area contributed by atoms with Crippen molar-refractivity contribution in [3.05, 3.63) is 34.3 Å². The molecule has 0 amide bonds. The number of rotatable bonds is 5. The van der Waals surface area contributed by atoms with E-state index in [1.165, 1.54) is 17.5 Å². The fourth-order valence-corrected chi connectivity index (χ4v) is 3.86. The van der Waals surface area contributed by atoms with E-state index in [2.05, 4.69) is 16.1 Å². The van der Waals surface area contributed by atoms with Crippen molar-refractivity contribution in [3.8, 4) is 0 Å². The molecule has 25 heavy (non-hydrogen) atoms. The maximum Gasteiger partial charge on any atom is 0.270 e. The van der Waals surface area contributed by atoms with Crippen LogP contribution < -0.4 is 4.85 Å². The highest BCUT2D eigenvalue weighted by molar-refractivity contribution is 5.73. The van der Waals surface area contributed by atoms with E-state index in [0.717, 1.165) is 55.7 Å². The number of ether oxygens (including phenoxy) is 2. The Balaban J connectivity index is 1.41. The van der Waals surface area contributed by atoms with E-state index in [1.54, 1.807) is 0 Å². The Labute approximate surface area is 147 Å². The van der Waals surface area contributed by atoms with Crippen LogP contribution in [0.15, 0.2) is 12.1 Å². The third-order valence-corrected chi connectivity index (χ3v) is 5.26. The summed E-state index contributed by atoms with van der Waals surface area (Å²) in [5, 5.41) is 16.1. The second-order valence-corrected chi connectivity index (χ2v) is 7.09. The molecule has 2 aromatic rings. The Morgan fingerprint density at radius 3 is 2.88 bits per heavy atom. The monoisotopic (exact) mass is 343 g/mol. The van der Waals surface area contributed by atoms with Crippen LogP contribution in [-0.4, -0.2) is 29.6 Å². The molecule has 134 valence electrons. The molecule has 2 heterocycles. The number of aryl methyl sites for hydroxylation is 1. The molecular formula is C19H25N3O3. The summed E-state index contributed by atoms with van der Waals surface area (Å²) in [6, 6.07) is 4.05. The second kappa shape index (κ2) is 7.22. The van der Waals surface area contributed by atoms with E-state index in [1.807, 2.05) is 13.0 Å². The zero-order valence-electron chi connectivity index (χ0n) is 14.7. The predicted molar refractivity (Wildman–Crippen MR) is 92.9 cm³/mol. The lowest BCUT2D eigenvalue weighted by molar-refractivity contribution is -0.644. The van der Waals surface area contributed by atoms with E-state index < -0.39 is 0 Å². The van der Waals surface area contributed by atoms with Crippen molar-refractivity contribution >= 4 is 11.0 Å². The number of benzene rings is 1. The molecule has 2 aliphatic rings. The summed E-state index contributed by atoms with van der Waals surface area (Å²) in [5.41, 5.74) is 3.90. The fraction of sp³-hybridized carbons (Fsp3) is 0.632. The topological polar surface area (TPSA) is 71.2 Å². The van der Waals surface area contributed by atoms with Crippen LogP contribution in [0.2, 0.25) is 0 Å². The van der Waals surface area contributed by atoms with E-state index in [0.29, 0.717) is 23.7 Å². The van der Waals surface area contributed by atoms with Crippen molar-refractivity contribution in [2.45, 2.75) is 58.2 Å². The summed E-state index contributed by atoms with van der Waals surface area (Å²) >= 11 is 0. The number of fused-ring (bicyclic) bond motifs is 2. The second-order valence-electron chi connectivity index (χ2n) is 7.09. The third-order valence-electron chi connectivity index (χ3n) is 5.26. The summed E-state index contributed by atoms with van der Waals surface area (Å²) in [7, 11) is 0.